The van der Waals surface area contributed by atoms with Gasteiger partial charge in [0, 0.05) is 0 Å². The van der Waals surface area contributed by atoms with Crippen LogP contribution in [0.4, 0.5) is 0 Å². The van der Waals surface area contributed by atoms with Gasteiger partial charge >= 0.3 is 0 Å². The summed E-state index contributed by atoms with van der Waals surface area (Å²) in [5.74, 6) is 1.65. The van der Waals surface area contributed by atoms with E-state index in [1.807, 2.05) is 0 Å². The van der Waals surface area contributed by atoms with Gasteiger partial charge < -0.3 is 15.2 Å². The first-order valence-corrected chi connectivity index (χ1v) is 7.77. The van der Waals surface area contributed by atoms with Crippen LogP contribution >= 0.6 is 15.9 Å². The average molecular weight is 328 g/mol. The second kappa shape index (κ2) is 7.15. The molecule has 0 aliphatic heterocycles. The molecule has 2 rings (SSSR count). The van der Waals surface area contributed by atoms with E-state index in [0.717, 1.165) is 41.7 Å². The van der Waals surface area contributed by atoms with Crippen molar-refractivity contribution in [3.8, 4) is 11.5 Å². The van der Waals surface area contributed by atoms with Gasteiger partial charge in [-0.25, -0.2) is 0 Å². The lowest BCUT2D eigenvalue weighted by molar-refractivity contribution is 0.200. The predicted molar refractivity (Wildman–Crippen MR) is 81.0 cm³/mol. The summed E-state index contributed by atoms with van der Waals surface area (Å²) in [6.45, 7) is 0.711. The Balaban J connectivity index is 2.18. The van der Waals surface area contributed by atoms with E-state index in [-0.39, 0.29) is 0 Å². The Morgan fingerprint density at radius 3 is 2.68 bits per heavy atom. The highest BCUT2D eigenvalue weighted by molar-refractivity contribution is 9.10. The molecule has 0 bridgehead atoms. The van der Waals surface area contributed by atoms with Crippen LogP contribution in [0.5, 0.6) is 11.5 Å². The summed E-state index contributed by atoms with van der Waals surface area (Å²) >= 11 is 3.56. The van der Waals surface area contributed by atoms with Gasteiger partial charge in [0.25, 0.3) is 0 Å². The lowest BCUT2D eigenvalue weighted by atomic mass is 10.1. The van der Waals surface area contributed by atoms with Gasteiger partial charge in [0.2, 0.25) is 0 Å². The molecule has 3 nitrogen and oxygen atoms in total. The quantitative estimate of drug-likeness (QED) is 0.866. The Morgan fingerprint density at radius 1 is 1.32 bits per heavy atom. The maximum absolute atomic E-state index is 6.11. The van der Waals surface area contributed by atoms with Crippen molar-refractivity contribution in [3.63, 3.8) is 0 Å². The third kappa shape index (κ3) is 3.86. The predicted octanol–water partition coefficient (Wildman–Crippen LogP) is 3.67. The molecule has 0 amide bonds. The topological polar surface area (TPSA) is 44.5 Å². The zero-order valence-corrected chi connectivity index (χ0v) is 13.0. The van der Waals surface area contributed by atoms with Crippen LogP contribution in [0.1, 0.15) is 37.7 Å². The van der Waals surface area contributed by atoms with E-state index in [2.05, 4.69) is 28.1 Å². The molecule has 1 aliphatic carbocycles. The fourth-order valence-electron chi connectivity index (χ4n) is 2.54. The van der Waals surface area contributed by atoms with Crippen molar-refractivity contribution in [1.82, 2.24) is 0 Å². The molecule has 0 atom stereocenters. The normalized spacial score (nSPS) is 15.7. The van der Waals surface area contributed by atoms with Gasteiger partial charge in [-0.2, -0.15) is 0 Å². The first-order chi connectivity index (χ1) is 9.24. The smallest absolute Gasteiger partial charge is 0.174 e. The maximum atomic E-state index is 6.11. The molecular formula is C15H22BrNO2. The first-order valence-electron chi connectivity index (χ1n) is 6.97. The van der Waals surface area contributed by atoms with Crippen molar-refractivity contribution in [2.45, 2.75) is 44.6 Å². The van der Waals surface area contributed by atoms with Crippen LogP contribution in [0.25, 0.3) is 0 Å². The van der Waals surface area contributed by atoms with Crippen LogP contribution in [0, 0.1) is 0 Å². The molecule has 1 aromatic rings. The van der Waals surface area contributed by atoms with Gasteiger partial charge in [-0.05, 0) is 78.7 Å². The summed E-state index contributed by atoms with van der Waals surface area (Å²) < 4.78 is 12.5. The SMILES string of the molecule is COc1c(Br)cc(CCCN)cc1OC1CCCC1. The molecule has 106 valence electrons. The summed E-state index contributed by atoms with van der Waals surface area (Å²) in [6, 6.07) is 4.19. The van der Waals surface area contributed by atoms with E-state index in [4.69, 9.17) is 15.2 Å². The monoisotopic (exact) mass is 327 g/mol. The van der Waals surface area contributed by atoms with Crippen molar-refractivity contribution in [1.29, 1.82) is 0 Å². The number of hydrogen-bond acceptors (Lipinski definition) is 3. The Morgan fingerprint density at radius 2 is 2.05 bits per heavy atom. The Bertz CT molecular complexity index is 417. The second-order valence-electron chi connectivity index (χ2n) is 5.03. The van der Waals surface area contributed by atoms with Gasteiger partial charge in [-0.3, -0.25) is 0 Å². The van der Waals surface area contributed by atoms with E-state index in [0.29, 0.717) is 12.6 Å². The van der Waals surface area contributed by atoms with Crippen LogP contribution in [-0.4, -0.2) is 19.8 Å². The largest absolute Gasteiger partial charge is 0.492 e. The van der Waals surface area contributed by atoms with Gasteiger partial charge in [0.15, 0.2) is 11.5 Å². The highest BCUT2D eigenvalue weighted by atomic mass is 79.9. The maximum Gasteiger partial charge on any atom is 0.174 e. The lowest BCUT2D eigenvalue weighted by Gasteiger charge is -2.18. The minimum absolute atomic E-state index is 0.338. The molecular weight excluding hydrogens is 306 g/mol. The van der Waals surface area contributed by atoms with Crippen molar-refractivity contribution >= 4 is 15.9 Å². The Kier molecular flexibility index (Phi) is 5.52. The molecule has 19 heavy (non-hydrogen) atoms. The van der Waals surface area contributed by atoms with Crippen molar-refractivity contribution in [2.75, 3.05) is 13.7 Å². The number of hydrogen-bond donors (Lipinski definition) is 1. The summed E-state index contributed by atoms with van der Waals surface area (Å²) in [4.78, 5) is 0. The van der Waals surface area contributed by atoms with Gasteiger partial charge in [-0.15, -0.1) is 0 Å². The molecule has 1 fully saturated rings. The molecule has 4 heteroatoms. The summed E-state index contributed by atoms with van der Waals surface area (Å²) in [7, 11) is 1.68. The number of halogens is 1. The molecule has 0 heterocycles. The van der Waals surface area contributed by atoms with Gasteiger partial charge in [0.1, 0.15) is 0 Å². The highest BCUT2D eigenvalue weighted by Gasteiger charge is 2.20. The van der Waals surface area contributed by atoms with E-state index in [1.165, 1.54) is 18.4 Å². The van der Waals surface area contributed by atoms with E-state index >= 15 is 0 Å². The molecule has 0 saturated heterocycles. The fraction of sp³-hybridized carbons (Fsp3) is 0.600. The summed E-state index contributed by atoms with van der Waals surface area (Å²) in [6.07, 6.45) is 7.12. The molecule has 1 aromatic carbocycles. The van der Waals surface area contributed by atoms with Crippen molar-refractivity contribution < 1.29 is 9.47 Å². The van der Waals surface area contributed by atoms with E-state index < -0.39 is 0 Å². The van der Waals surface area contributed by atoms with Crippen molar-refractivity contribution in [3.05, 3.63) is 22.2 Å². The average Bonchev–Trinajstić information content (AvgIpc) is 2.89. The van der Waals surface area contributed by atoms with E-state index in [9.17, 15) is 0 Å². The molecule has 0 aromatic heterocycles. The minimum Gasteiger partial charge on any atom is -0.492 e. The van der Waals surface area contributed by atoms with Crippen LogP contribution in [-0.2, 0) is 6.42 Å². The summed E-state index contributed by atoms with van der Waals surface area (Å²) in [5.41, 5.74) is 6.81. The molecule has 2 N–H and O–H groups in total. The number of aryl methyl sites for hydroxylation is 1. The number of methoxy groups -OCH3 is 1. The number of benzene rings is 1. The second-order valence-corrected chi connectivity index (χ2v) is 5.88. The first kappa shape index (κ1) is 14.7. The van der Waals surface area contributed by atoms with E-state index in [1.54, 1.807) is 7.11 Å². The Hall–Kier alpha value is -0.740. The number of nitrogens with two attached hydrogens (primary N) is 1. The number of ether oxygens (including phenoxy) is 2. The molecule has 1 aliphatic rings. The van der Waals surface area contributed by atoms with Crippen LogP contribution < -0.4 is 15.2 Å². The fourth-order valence-corrected chi connectivity index (χ4v) is 3.19. The van der Waals surface area contributed by atoms with Gasteiger partial charge in [-0.1, -0.05) is 0 Å². The minimum atomic E-state index is 0.338. The third-order valence-electron chi connectivity index (χ3n) is 3.54. The standard InChI is InChI=1S/C15H22BrNO2/c1-18-15-13(16)9-11(5-4-8-17)10-14(15)19-12-6-2-3-7-12/h9-10,12H,2-8,17H2,1H3. The van der Waals surface area contributed by atoms with Crippen LogP contribution in [0.2, 0.25) is 0 Å². The number of rotatable bonds is 6. The molecule has 0 radical (unpaired) electrons. The molecule has 0 unspecified atom stereocenters. The lowest BCUT2D eigenvalue weighted by Crippen LogP contribution is -2.12. The summed E-state index contributed by atoms with van der Waals surface area (Å²) in [5, 5.41) is 0. The highest BCUT2D eigenvalue weighted by Crippen LogP contribution is 2.38. The van der Waals surface area contributed by atoms with Crippen LogP contribution in [0.3, 0.4) is 0 Å². The zero-order valence-electron chi connectivity index (χ0n) is 11.5. The van der Waals surface area contributed by atoms with Gasteiger partial charge in [0.05, 0.1) is 17.7 Å². The zero-order chi connectivity index (χ0) is 13.7. The Labute approximate surface area is 123 Å². The van der Waals surface area contributed by atoms with Crippen molar-refractivity contribution in [2.24, 2.45) is 5.73 Å². The molecule has 1 saturated carbocycles. The molecule has 0 spiro atoms. The van der Waals surface area contributed by atoms with Crippen LogP contribution in [0.15, 0.2) is 16.6 Å². The third-order valence-corrected chi connectivity index (χ3v) is 4.13.